The smallest absolute Gasteiger partial charge is 0.233 e. The molecule has 0 atom stereocenters. The van der Waals surface area contributed by atoms with Crippen molar-refractivity contribution in [1.82, 2.24) is 0 Å². The van der Waals surface area contributed by atoms with E-state index in [2.05, 4.69) is 19.6 Å². The second-order valence-corrected chi connectivity index (χ2v) is 5.56. The summed E-state index contributed by atoms with van der Waals surface area (Å²) in [4.78, 5) is 20.3. The van der Waals surface area contributed by atoms with Crippen LogP contribution in [-0.2, 0) is 19.6 Å². The van der Waals surface area contributed by atoms with Crippen molar-refractivity contribution in [3.63, 3.8) is 0 Å². The van der Waals surface area contributed by atoms with E-state index in [0.29, 0.717) is 6.42 Å². The zero-order valence-corrected chi connectivity index (χ0v) is 14.3. The fourth-order valence-corrected chi connectivity index (χ4v) is 2.47. The van der Waals surface area contributed by atoms with E-state index in [4.69, 9.17) is 19.6 Å². The van der Waals surface area contributed by atoms with Crippen molar-refractivity contribution in [1.29, 1.82) is 0 Å². The molecule has 0 fully saturated rings. The zero-order chi connectivity index (χ0) is 15.1. The van der Waals surface area contributed by atoms with Crippen LogP contribution in [-0.4, -0.2) is 25.8 Å². The Morgan fingerprint density at radius 2 is 1.25 bits per heavy atom. The summed E-state index contributed by atoms with van der Waals surface area (Å²) in [5, 5.41) is 0. The second-order valence-electron chi connectivity index (χ2n) is 5.11. The van der Waals surface area contributed by atoms with Crippen molar-refractivity contribution in [2.24, 2.45) is 0 Å². The van der Waals surface area contributed by atoms with Crippen molar-refractivity contribution < 1.29 is 19.6 Å². The maximum Gasteiger partial charge on any atom is 0.233 e. The van der Waals surface area contributed by atoms with E-state index < -0.39 is 5.79 Å². The Kier molecular flexibility index (Phi) is 14.3. The van der Waals surface area contributed by atoms with E-state index in [1.807, 2.05) is 0 Å². The molecular formula is C15H32O4S. The Labute approximate surface area is 129 Å². The van der Waals surface area contributed by atoms with Gasteiger partial charge in [0, 0.05) is 12.8 Å². The third kappa shape index (κ3) is 10.00. The molecule has 0 aliphatic carbocycles. The van der Waals surface area contributed by atoms with Gasteiger partial charge in [-0.15, -0.1) is 0 Å². The fraction of sp³-hybridized carbons (Fsp3) is 1.00. The average molecular weight is 308 g/mol. The Bertz CT molecular complexity index is 196. The Morgan fingerprint density at radius 1 is 0.750 bits per heavy atom. The molecule has 0 amide bonds. The summed E-state index contributed by atoms with van der Waals surface area (Å²) in [7, 11) is 3.00. The van der Waals surface area contributed by atoms with E-state index >= 15 is 0 Å². The molecule has 0 aliphatic heterocycles. The van der Waals surface area contributed by atoms with Gasteiger partial charge in [-0.2, -0.15) is 22.4 Å². The molecule has 0 spiro atoms. The molecular weight excluding hydrogens is 276 g/mol. The fourth-order valence-electron chi connectivity index (χ4n) is 2.31. The lowest BCUT2D eigenvalue weighted by molar-refractivity contribution is -0.503. The minimum atomic E-state index is -0.796. The van der Waals surface area contributed by atoms with Crippen molar-refractivity contribution >= 4 is 12.6 Å². The molecule has 20 heavy (non-hydrogen) atoms. The number of hydrogen-bond acceptors (Lipinski definition) is 5. The normalized spacial score (nSPS) is 12.0. The molecule has 0 radical (unpaired) electrons. The Hall–Kier alpha value is 0.190. The predicted molar refractivity (Wildman–Crippen MR) is 84.6 cm³/mol. The summed E-state index contributed by atoms with van der Waals surface area (Å²) in [6.45, 7) is 2.24. The van der Waals surface area contributed by atoms with Gasteiger partial charge in [0.1, 0.15) is 0 Å². The molecule has 122 valence electrons. The van der Waals surface area contributed by atoms with Crippen LogP contribution in [0.3, 0.4) is 0 Å². The Balaban J connectivity index is 3.99. The lowest BCUT2D eigenvalue weighted by atomic mass is 10.0. The van der Waals surface area contributed by atoms with Crippen LogP contribution in [0.1, 0.15) is 71.1 Å². The molecule has 0 bridgehead atoms. The van der Waals surface area contributed by atoms with Gasteiger partial charge in [0.2, 0.25) is 5.79 Å². The summed E-state index contributed by atoms with van der Waals surface area (Å²) < 4.78 is 0. The Morgan fingerprint density at radius 3 is 1.75 bits per heavy atom. The highest BCUT2D eigenvalue weighted by molar-refractivity contribution is 7.80. The molecule has 0 aromatic carbocycles. The summed E-state index contributed by atoms with van der Waals surface area (Å²) in [6, 6.07) is 0. The van der Waals surface area contributed by atoms with Crippen LogP contribution in [0.2, 0.25) is 0 Å². The predicted octanol–water partition coefficient (Wildman–Crippen LogP) is 4.69. The highest BCUT2D eigenvalue weighted by Crippen LogP contribution is 2.28. The van der Waals surface area contributed by atoms with Crippen LogP contribution in [0.15, 0.2) is 0 Å². The van der Waals surface area contributed by atoms with Crippen molar-refractivity contribution in [2.75, 3.05) is 20.0 Å². The first-order valence-electron chi connectivity index (χ1n) is 7.79. The largest absolute Gasteiger partial charge is 0.237 e. The molecule has 0 heterocycles. The molecule has 0 N–H and O–H groups in total. The lowest BCUT2D eigenvalue weighted by Crippen LogP contribution is -2.36. The SMILES string of the molecule is CCCCCCCCCC(CCCS)(OOC)OOC. The maximum absolute atomic E-state index is 5.34. The number of unbranched alkanes of at least 4 members (excludes halogenated alkanes) is 6. The zero-order valence-electron chi connectivity index (χ0n) is 13.4. The summed E-state index contributed by atoms with van der Waals surface area (Å²) in [5.74, 6) is -0.00539. The van der Waals surface area contributed by atoms with Gasteiger partial charge in [0.05, 0.1) is 14.2 Å². The molecule has 0 saturated carbocycles. The quantitative estimate of drug-likeness (QED) is 0.157. The van der Waals surface area contributed by atoms with E-state index in [9.17, 15) is 0 Å². The van der Waals surface area contributed by atoms with Crippen LogP contribution >= 0.6 is 12.6 Å². The molecule has 0 aliphatic rings. The summed E-state index contributed by atoms with van der Waals surface area (Å²) in [5.41, 5.74) is 0. The van der Waals surface area contributed by atoms with Gasteiger partial charge in [-0.25, -0.2) is 9.78 Å². The second kappa shape index (κ2) is 14.1. The van der Waals surface area contributed by atoms with Crippen LogP contribution in [0.25, 0.3) is 0 Å². The molecule has 0 aromatic heterocycles. The highest BCUT2D eigenvalue weighted by Gasteiger charge is 2.34. The van der Waals surface area contributed by atoms with Gasteiger partial charge in [-0.05, 0) is 18.6 Å². The van der Waals surface area contributed by atoms with Crippen molar-refractivity contribution in [2.45, 2.75) is 76.9 Å². The minimum Gasteiger partial charge on any atom is -0.237 e. The van der Waals surface area contributed by atoms with Gasteiger partial charge in [-0.3, -0.25) is 0 Å². The standard InChI is InChI=1S/C15H32O4S/c1-4-5-6-7-8-9-10-12-15(18-16-2,19-17-3)13-11-14-20/h20H,4-14H2,1-3H3. The monoisotopic (exact) mass is 308 g/mol. The minimum absolute atomic E-state index is 0.716. The van der Waals surface area contributed by atoms with Crippen molar-refractivity contribution in [3.05, 3.63) is 0 Å². The molecule has 0 unspecified atom stereocenters. The summed E-state index contributed by atoms with van der Waals surface area (Å²) in [6.07, 6.45) is 11.2. The molecule has 5 heteroatoms. The third-order valence-corrected chi connectivity index (χ3v) is 3.66. The van der Waals surface area contributed by atoms with Crippen LogP contribution in [0, 0.1) is 0 Å². The van der Waals surface area contributed by atoms with E-state index in [1.165, 1.54) is 52.7 Å². The van der Waals surface area contributed by atoms with Gasteiger partial charge >= 0.3 is 0 Å². The summed E-state index contributed by atoms with van der Waals surface area (Å²) >= 11 is 4.23. The number of thiol groups is 1. The first kappa shape index (κ1) is 20.2. The van der Waals surface area contributed by atoms with Crippen molar-refractivity contribution in [3.8, 4) is 0 Å². The number of hydrogen-bond donors (Lipinski definition) is 1. The van der Waals surface area contributed by atoms with Gasteiger partial charge in [0.25, 0.3) is 0 Å². The average Bonchev–Trinajstić information content (AvgIpc) is 2.45. The maximum atomic E-state index is 5.34. The van der Waals surface area contributed by atoms with E-state index in [0.717, 1.165) is 25.0 Å². The third-order valence-electron chi connectivity index (χ3n) is 3.35. The van der Waals surface area contributed by atoms with E-state index in [-0.39, 0.29) is 0 Å². The lowest BCUT2D eigenvalue weighted by Gasteiger charge is -2.29. The topological polar surface area (TPSA) is 36.9 Å². The first-order chi connectivity index (χ1) is 9.74. The molecule has 0 rings (SSSR count). The van der Waals surface area contributed by atoms with Gasteiger partial charge in [-0.1, -0.05) is 45.4 Å². The first-order valence-corrected chi connectivity index (χ1v) is 8.42. The van der Waals surface area contributed by atoms with Crippen LogP contribution < -0.4 is 0 Å². The van der Waals surface area contributed by atoms with Crippen LogP contribution in [0.5, 0.6) is 0 Å². The van der Waals surface area contributed by atoms with E-state index in [1.54, 1.807) is 0 Å². The molecule has 4 nitrogen and oxygen atoms in total. The molecule has 0 aromatic rings. The highest BCUT2D eigenvalue weighted by atomic mass is 32.1. The van der Waals surface area contributed by atoms with Gasteiger partial charge in [0.15, 0.2) is 0 Å². The molecule has 0 saturated heterocycles. The van der Waals surface area contributed by atoms with Crippen LogP contribution in [0.4, 0.5) is 0 Å². The number of rotatable bonds is 15. The van der Waals surface area contributed by atoms with Gasteiger partial charge < -0.3 is 0 Å².